The molecule has 2 aromatic rings. The van der Waals surface area contributed by atoms with Crippen LogP contribution in [-0.4, -0.2) is 76.4 Å². The van der Waals surface area contributed by atoms with Gasteiger partial charge in [0, 0.05) is 12.0 Å². The molecule has 1 fully saturated rings. The van der Waals surface area contributed by atoms with Crippen molar-refractivity contribution in [1.29, 1.82) is 0 Å². The summed E-state index contributed by atoms with van der Waals surface area (Å²) in [5.41, 5.74) is 1.33. The molecule has 2 bridgehead atoms. The number of ether oxygens (including phenoxy) is 3. The highest BCUT2D eigenvalue weighted by molar-refractivity contribution is 5.90. The third kappa shape index (κ3) is 8.01. The molecule has 4 rings (SSSR count). The van der Waals surface area contributed by atoms with Crippen molar-refractivity contribution in [2.24, 2.45) is 23.2 Å². The van der Waals surface area contributed by atoms with Crippen LogP contribution in [0.5, 0.6) is 11.6 Å². The number of carbonyl (C=O) groups is 3. The Balaban J connectivity index is 1.77. The molecule has 11 heteroatoms. The second-order valence-corrected chi connectivity index (χ2v) is 13.8. The average Bonchev–Trinajstić information content (AvgIpc) is 3.39. The van der Waals surface area contributed by atoms with Gasteiger partial charge in [0.05, 0.1) is 31.3 Å². The van der Waals surface area contributed by atoms with Gasteiger partial charge in [-0.2, -0.15) is 0 Å². The van der Waals surface area contributed by atoms with E-state index in [1.807, 2.05) is 39.8 Å². The quantitative estimate of drug-likeness (QED) is 0.388. The van der Waals surface area contributed by atoms with E-state index >= 15 is 0 Å². The molecule has 2 aliphatic heterocycles. The van der Waals surface area contributed by atoms with Crippen molar-refractivity contribution in [3.8, 4) is 11.6 Å². The Morgan fingerprint density at radius 1 is 1.11 bits per heavy atom. The largest absolute Gasteiger partial charge is 0.497 e. The molecule has 2 aliphatic rings. The molecule has 11 nitrogen and oxygen atoms in total. The maximum Gasteiger partial charge on any atom is 0.407 e. The first-order valence-corrected chi connectivity index (χ1v) is 16.9. The Morgan fingerprint density at radius 3 is 2.48 bits per heavy atom. The molecular weight excluding hydrogens is 588 g/mol. The molecule has 0 aliphatic carbocycles. The van der Waals surface area contributed by atoms with Gasteiger partial charge in [-0.3, -0.25) is 4.79 Å². The number of rotatable bonds is 6. The van der Waals surface area contributed by atoms with Gasteiger partial charge in [-0.1, -0.05) is 67.2 Å². The van der Waals surface area contributed by atoms with E-state index < -0.39 is 47.5 Å². The number of cyclic esters (lactones) is 1. The summed E-state index contributed by atoms with van der Waals surface area (Å²) < 4.78 is 17.8. The minimum atomic E-state index is -1.14. The molecule has 2 N–H and O–H groups in total. The van der Waals surface area contributed by atoms with Crippen LogP contribution < -0.4 is 14.8 Å². The Hall–Kier alpha value is -3.63. The zero-order valence-corrected chi connectivity index (χ0v) is 28.5. The van der Waals surface area contributed by atoms with Gasteiger partial charge in [0.25, 0.3) is 0 Å². The number of benzene rings is 1. The first kappa shape index (κ1) is 35.2. The van der Waals surface area contributed by atoms with Gasteiger partial charge in [0.15, 0.2) is 0 Å². The van der Waals surface area contributed by atoms with E-state index in [1.165, 1.54) is 4.90 Å². The van der Waals surface area contributed by atoms with Gasteiger partial charge in [-0.15, -0.1) is 0 Å². The van der Waals surface area contributed by atoms with Gasteiger partial charge < -0.3 is 29.5 Å². The summed E-state index contributed by atoms with van der Waals surface area (Å²) in [6, 6.07) is 3.38. The fourth-order valence-corrected chi connectivity index (χ4v) is 7.06. The van der Waals surface area contributed by atoms with Crippen LogP contribution in [0, 0.1) is 23.2 Å². The molecule has 1 aromatic heterocycles. The molecule has 3 heterocycles. The molecular formula is C35H52N4O7. The van der Waals surface area contributed by atoms with Gasteiger partial charge in [-0.25, -0.2) is 19.6 Å². The number of carboxylic acids is 1. The lowest BCUT2D eigenvalue weighted by molar-refractivity contribution is -0.151. The summed E-state index contributed by atoms with van der Waals surface area (Å²) in [7, 11) is 1.59. The number of carbonyl (C=O) groups excluding carboxylic acids is 2. The van der Waals surface area contributed by atoms with Crippen LogP contribution in [-0.2, 0) is 20.7 Å². The maximum absolute atomic E-state index is 14.2. The standard InChI is InChI=1S/C35H52N4O7/c1-8-21(9-2)22-14-12-11-13-15-26-31(37-27-18-23(44-7)16-17-25(27)36-26)46-28-19-39(29(33(41)42)24(28)10-3)32(40)30(35(4,5)6)38-34(43)45-20-22/h16-18,21-22,24,28-30H,8-15,19-20H2,1-7H3,(H,38,43)(H,41,42)/t22-,24+,28-,29-,30+/m0/s1. The summed E-state index contributed by atoms with van der Waals surface area (Å²) in [6.07, 6.45) is 5.48. The molecule has 46 heavy (non-hydrogen) atoms. The average molecular weight is 641 g/mol. The summed E-state index contributed by atoms with van der Waals surface area (Å²) in [4.78, 5) is 51.3. The number of aryl methyl sites for hydroxylation is 1. The van der Waals surface area contributed by atoms with E-state index in [0.717, 1.165) is 44.0 Å². The Kier molecular flexibility index (Phi) is 11.7. The number of nitrogens with zero attached hydrogens (tertiary/aromatic N) is 3. The lowest BCUT2D eigenvalue weighted by Gasteiger charge is -2.35. The number of hydrogen-bond donors (Lipinski definition) is 2. The Morgan fingerprint density at radius 2 is 1.85 bits per heavy atom. The van der Waals surface area contributed by atoms with Crippen molar-refractivity contribution in [3.63, 3.8) is 0 Å². The summed E-state index contributed by atoms with van der Waals surface area (Å²) in [5.74, 6) is -0.503. The number of aromatic nitrogens is 2. The fraction of sp³-hybridized carbons (Fsp3) is 0.686. The predicted octanol–water partition coefficient (Wildman–Crippen LogP) is 6.02. The van der Waals surface area contributed by atoms with E-state index in [2.05, 4.69) is 19.2 Å². The molecule has 2 amide bonds. The van der Waals surface area contributed by atoms with E-state index in [4.69, 9.17) is 24.2 Å². The minimum Gasteiger partial charge on any atom is -0.497 e. The summed E-state index contributed by atoms with van der Waals surface area (Å²) >= 11 is 0. The number of aliphatic carboxylic acids is 1. The number of methoxy groups -OCH3 is 1. The van der Waals surface area contributed by atoms with Crippen LogP contribution in [0.25, 0.3) is 11.0 Å². The highest BCUT2D eigenvalue weighted by atomic mass is 16.5. The topological polar surface area (TPSA) is 140 Å². The van der Waals surface area contributed by atoms with Gasteiger partial charge in [0.1, 0.15) is 29.6 Å². The minimum absolute atomic E-state index is 0.0334. The lowest BCUT2D eigenvalue weighted by atomic mass is 9.84. The molecule has 0 spiro atoms. The van der Waals surface area contributed by atoms with Crippen LogP contribution in [0.4, 0.5) is 4.79 Å². The monoisotopic (exact) mass is 640 g/mol. The first-order valence-electron chi connectivity index (χ1n) is 16.9. The van der Waals surface area contributed by atoms with Crippen molar-refractivity contribution in [3.05, 3.63) is 23.9 Å². The molecule has 0 saturated carbocycles. The first-order chi connectivity index (χ1) is 21.9. The van der Waals surface area contributed by atoms with Gasteiger partial charge >= 0.3 is 12.1 Å². The molecule has 1 saturated heterocycles. The highest BCUT2D eigenvalue weighted by Crippen LogP contribution is 2.35. The number of carboxylic acid groups (broad SMARTS) is 1. The van der Waals surface area contributed by atoms with Crippen molar-refractivity contribution in [2.45, 2.75) is 111 Å². The van der Waals surface area contributed by atoms with Crippen molar-refractivity contribution < 1.29 is 33.7 Å². The maximum atomic E-state index is 14.2. The summed E-state index contributed by atoms with van der Waals surface area (Å²) in [5, 5.41) is 13.2. The fourth-order valence-electron chi connectivity index (χ4n) is 7.06. The number of fused-ring (bicyclic) bond motifs is 4. The zero-order chi connectivity index (χ0) is 33.6. The lowest BCUT2D eigenvalue weighted by Crippen LogP contribution is -2.57. The second-order valence-electron chi connectivity index (χ2n) is 13.8. The van der Waals surface area contributed by atoms with Gasteiger partial charge in [-0.05, 0) is 55.1 Å². The van der Waals surface area contributed by atoms with Crippen molar-refractivity contribution in [1.82, 2.24) is 20.2 Å². The number of alkyl carbamates (subject to hydrolysis) is 1. The Bertz CT molecular complexity index is 1370. The van der Waals surface area contributed by atoms with E-state index in [1.54, 1.807) is 13.2 Å². The van der Waals surface area contributed by atoms with E-state index in [9.17, 15) is 19.5 Å². The highest BCUT2D eigenvalue weighted by Gasteiger charge is 2.51. The SMILES string of the molecule is CCC(CC)[C@H]1CCCCCc2nc3ccc(OC)cc3nc2O[C@H]2CN(C(=O)[C@H](C(C)(C)C)NC(=O)OC1)[C@H](C(=O)O)[C@@H]2CC. The van der Waals surface area contributed by atoms with Crippen molar-refractivity contribution >= 4 is 29.0 Å². The normalized spacial score (nSPS) is 25.2. The molecule has 0 radical (unpaired) electrons. The molecule has 1 aromatic carbocycles. The van der Waals surface area contributed by atoms with Crippen LogP contribution >= 0.6 is 0 Å². The van der Waals surface area contributed by atoms with Crippen LogP contribution in [0.3, 0.4) is 0 Å². The third-order valence-corrected chi connectivity index (χ3v) is 9.78. The predicted molar refractivity (Wildman–Crippen MR) is 175 cm³/mol. The Labute approximate surface area is 272 Å². The van der Waals surface area contributed by atoms with Crippen LogP contribution in [0.15, 0.2) is 18.2 Å². The number of hydrogen-bond acceptors (Lipinski definition) is 8. The molecule has 0 unspecified atom stereocenters. The third-order valence-electron chi connectivity index (χ3n) is 9.78. The molecule has 5 atom stereocenters. The number of amides is 2. The smallest absolute Gasteiger partial charge is 0.407 e. The number of nitrogens with one attached hydrogen (secondary N) is 1. The zero-order valence-electron chi connectivity index (χ0n) is 28.5. The van der Waals surface area contributed by atoms with Crippen LogP contribution in [0.2, 0.25) is 0 Å². The van der Waals surface area contributed by atoms with Crippen LogP contribution in [0.1, 0.15) is 92.2 Å². The second kappa shape index (κ2) is 15.3. The summed E-state index contributed by atoms with van der Waals surface area (Å²) in [6.45, 7) is 12.1. The van der Waals surface area contributed by atoms with Gasteiger partial charge in [0.2, 0.25) is 11.8 Å². The van der Waals surface area contributed by atoms with E-state index in [-0.39, 0.29) is 19.1 Å². The molecule has 254 valence electrons. The van der Waals surface area contributed by atoms with Crippen molar-refractivity contribution in [2.75, 3.05) is 20.3 Å². The van der Waals surface area contributed by atoms with E-state index in [0.29, 0.717) is 41.6 Å².